The third kappa shape index (κ3) is 3.49. The summed E-state index contributed by atoms with van der Waals surface area (Å²) >= 11 is 1.72. The summed E-state index contributed by atoms with van der Waals surface area (Å²) in [5, 5.41) is 2.09. The molecule has 0 unspecified atom stereocenters. The molecule has 0 N–H and O–H groups in total. The molecule has 0 atom stereocenters. The highest BCUT2D eigenvalue weighted by Gasteiger charge is 2.21. The van der Waals surface area contributed by atoms with E-state index in [0.717, 1.165) is 30.2 Å². The molecule has 0 spiro atoms. The lowest BCUT2D eigenvalue weighted by molar-refractivity contribution is 0.191. The van der Waals surface area contributed by atoms with Crippen molar-refractivity contribution < 1.29 is 0 Å². The van der Waals surface area contributed by atoms with Gasteiger partial charge in [-0.2, -0.15) is 0 Å². The van der Waals surface area contributed by atoms with Gasteiger partial charge in [0.2, 0.25) is 0 Å². The van der Waals surface area contributed by atoms with Crippen molar-refractivity contribution in [3.05, 3.63) is 22.9 Å². The Morgan fingerprint density at radius 2 is 2.00 bits per heavy atom. The number of nitrogens with zero attached hydrogens (tertiary/aromatic N) is 3. The zero-order valence-corrected chi connectivity index (χ0v) is 13.8. The van der Waals surface area contributed by atoms with Crippen LogP contribution in [-0.2, 0) is 0 Å². The minimum Gasteiger partial charge on any atom is -0.360 e. The first-order valence-electron chi connectivity index (χ1n) is 7.19. The fraction of sp³-hybridized carbons (Fsp3) is 0.562. The smallest absolute Gasteiger partial charge is 0.102 e. The predicted octanol–water partition coefficient (Wildman–Crippen LogP) is 3.86. The molecule has 1 saturated heterocycles. The zero-order valence-electron chi connectivity index (χ0n) is 13.0. The average molecular weight is 291 g/mol. The summed E-state index contributed by atoms with van der Waals surface area (Å²) in [4.78, 5) is 10.8. The molecule has 2 rings (SSSR count). The van der Waals surface area contributed by atoms with E-state index in [1.54, 1.807) is 11.3 Å². The molecule has 2 heterocycles. The molecule has 3 nitrogen and oxygen atoms in total. The van der Waals surface area contributed by atoms with Gasteiger partial charge in [0.1, 0.15) is 5.84 Å². The van der Waals surface area contributed by atoms with Crippen molar-refractivity contribution in [3.63, 3.8) is 0 Å². The molecule has 0 saturated carbocycles. The van der Waals surface area contributed by atoms with E-state index < -0.39 is 0 Å². The number of allylic oxidation sites excluding steroid dienone is 1. The maximum Gasteiger partial charge on any atom is 0.102 e. The number of hydrogen-bond acceptors (Lipinski definition) is 3. The van der Waals surface area contributed by atoms with Crippen LogP contribution >= 0.6 is 11.3 Å². The molecular weight excluding hydrogens is 266 g/mol. The molecule has 0 amide bonds. The Kier molecular flexibility index (Phi) is 5.00. The maximum absolute atomic E-state index is 4.81. The van der Waals surface area contributed by atoms with Gasteiger partial charge in [0.15, 0.2) is 0 Å². The molecule has 1 aromatic rings. The molecule has 0 bridgehead atoms. The van der Waals surface area contributed by atoms with E-state index in [4.69, 9.17) is 4.99 Å². The van der Waals surface area contributed by atoms with E-state index in [1.165, 1.54) is 17.7 Å². The number of amidine groups is 1. The second-order valence-electron chi connectivity index (χ2n) is 5.76. The molecule has 1 aromatic heterocycles. The molecule has 110 valence electrons. The van der Waals surface area contributed by atoms with E-state index >= 15 is 0 Å². The van der Waals surface area contributed by atoms with Crippen LogP contribution in [0.25, 0.3) is 5.57 Å². The molecule has 1 aliphatic heterocycles. The second kappa shape index (κ2) is 6.55. The van der Waals surface area contributed by atoms with Crippen molar-refractivity contribution in [1.82, 2.24) is 9.80 Å². The molecule has 0 radical (unpaired) electrons. The van der Waals surface area contributed by atoms with Crippen molar-refractivity contribution in [2.24, 2.45) is 4.99 Å². The molecule has 1 aliphatic rings. The third-order valence-corrected chi connectivity index (χ3v) is 5.03. The SMILES string of the molecule is C=C(C)c1sccc1N=C(C)N1CCC(N(C)C)CC1. The Hall–Kier alpha value is -1.13. The van der Waals surface area contributed by atoms with Crippen LogP contribution in [-0.4, -0.2) is 48.9 Å². The lowest BCUT2D eigenvalue weighted by Crippen LogP contribution is -2.43. The van der Waals surface area contributed by atoms with Gasteiger partial charge < -0.3 is 9.80 Å². The molecule has 0 aromatic carbocycles. The predicted molar refractivity (Wildman–Crippen MR) is 90.1 cm³/mol. The quantitative estimate of drug-likeness (QED) is 0.622. The Morgan fingerprint density at radius 3 is 2.55 bits per heavy atom. The van der Waals surface area contributed by atoms with Crippen molar-refractivity contribution in [1.29, 1.82) is 0 Å². The summed E-state index contributed by atoms with van der Waals surface area (Å²) in [5.74, 6) is 1.13. The largest absolute Gasteiger partial charge is 0.360 e. The average Bonchev–Trinajstić information content (AvgIpc) is 2.87. The number of rotatable bonds is 3. The molecule has 4 heteroatoms. The number of aliphatic imine (C=N–C) groups is 1. The van der Waals surface area contributed by atoms with Gasteiger partial charge in [0.05, 0.1) is 10.6 Å². The second-order valence-corrected chi connectivity index (χ2v) is 6.67. The topological polar surface area (TPSA) is 18.8 Å². The number of hydrogen-bond donors (Lipinski definition) is 0. The van der Waals surface area contributed by atoms with Gasteiger partial charge >= 0.3 is 0 Å². The molecule has 20 heavy (non-hydrogen) atoms. The van der Waals surface area contributed by atoms with E-state index in [0.29, 0.717) is 6.04 Å². The minimum atomic E-state index is 0.714. The van der Waals surface area contributed by atoms with Gasteiger partial charge in [-0.3, -0.25) is 0 Å². The van der Waals surface area contributed by atoms with Crippen LogP contribution in [0.3, 0.4) is 0 Å². The van der Waals surface area contributed by atoms with Gasteiger partial charge in [-0.1, -0.05) is 6.58 Å². The van der Waals surface area contributed by atoms with E-state index in [-0.39, 0.29) is 0 Å². The summed E-state index contributed by atoms with van der Waals surface area (Å²) in [6.45, 7) is 10.4. The standard InChI is InChI=1S/C16H25N3S/c1-12(2)16-15(8-11-20-16)17-13(3)19-9-6-14(7-10-19)18(4)5/h8,11,14H,1,6-7,9-10H2,2-5H3. The highest BCUT2D eigenvalue weighted by molar-refractivity contribution is 7.11. The van der Waals surface area contributed by atoms with Crippen molar-refractivity contribution in [2.45, 2.75) is 32.7 Å². The first-order valence-corrected chi connectivity index (χ1v) is 8.07. The fourth-order valence-corrected chi connectivity index (χ4v) is 3.43. The van der Waals surface area contributed by atoms with Crippen LogP contribution in [0.2, 0.25) is 0 Å². The number of piperidine rings is 1. The van der Waals surface area contributed by atoms with Gasteiger partial charge in [-0.15, -0.1) is 11.3 Å². The highest BCUT2D eigenvalue weighted by Crippen LogP contribution is 2.31. The van der Waals surface area contributed by atoms with Crippen LogP contribution in [0.15, 0.2) is 23.0 Å². The lowest BCUT2D eigenvalue weighted by atomic mass is 10.0. The Morgan fingerprint density at radius 1 is 1.35 bits per heavy atom. The Balaban J connectivity index is 2.04. The van der Waals surface area contributed by atoms with Gasteiger partial charge in [0.25, 0.3) is 0 Å². The van der Waals surface area contributed by atoms with E-state index in [2.05, 4.69) is 48.8 Å². The first-order chi connectivity index (χ1) is 9.49. The van der Waals surface area contributed by atoms with Crippen molar-refractivity contribution >= 4 is 28.4 Å². The highest BCUT2D eigenvalue weighted by atomic mass is 32.1. The summed E-state index contributed by atoms with van der Waals surface area (Å²) in [7, 11) is 4.34. The number of thiophene rings is 1. The lowest BCUT2D eigenvalue weighted by Gasteiger charge is -2.36. The molecule has 0 aliphatic carbocycles. The van der Waals surface area contributed by atoms with Crippen LogP contribution in [0.4, 0.5) is 5.69 Å². The summed E-state index contributed by atoms with van der Waals surface area (Å²) in [6, 6.07) is 2.80. The third-order valence-electron chi connectivity index (χ3n) is 3.97. The normalized spacial score (nSPS) is 17.9. The van der Waals surface area contributed by atoms with Crippen molar-refractivity contribution in [3.8, 4) is 0 Å². The maximum atomic E-state index is 4.81. The van der Waals surface area contributed by atoms with Crippen LogP contribution < -0.4 is 0 Å². The fourth-order valence-electron chi connectivity index (χ4n) is 2.66. The van der Waals surface area contributed by atoms with Gasteiger partial charge in [-0.25, -0.2) is 4.99 Å². The summed E-state index contributed by atoms with van der Waals surface area (Å²) in [5.41, 5.74) is 2.16. The number of likely N-dealkylation sites (tertiary alicyclic amines) is 1. The van der Waals surface area contributed by atoms with Gasteiger partial charge in [-0.05, 0) is 57.8 Å². The van der Waals surface area contributed by atoms with Crippen molar-refractivity contribution in [2.75, 3.05) is 27.2 Å². The van der Waals surface area contributed by atoms with Gasteiger partial charge in [0, 0.05) is 19.1 Å². The summed E-state index contributed by atoms with van der Waals surface area (Å²) < 4.78 is 0. The van der Waals surface area contributed by atoms with Crippen LogP contribution in [0, 0.1) is 0 Å². The first kappa shape index (κ1) is 15.3. The monoisotopic (exact) mass is 291 g/mol. The zero-order chi connectivity index (χ0) is 14.7. The molecule has 1 fully saturated rings. The van der Waals surface area contributed by atoms with Crippen LogP contribution in [0.1, 0.15) is 31.6 Å². The Bertz CT molecular complexity index is 494. The Labute approximate surface area is 126 Å². The minimum absolute atomic E-state index is 0.714. The molecular formula is C16H25N3S. The summed E-state index contributed by atoms with van der Waals surface area (Å²) in [6.07, 6.45) is 2.44. The van der Waals surface area contributed by atoms with E-state index in [9.17, 15) is 0 Å². The van der Waals surface area contributed by atoms with Crippen LogP contribution in [0.5, 0.6) is 0 Å². The van der Waals surface area contributed by atoms with E-state index in [1.807, 2.05) is 6.92 Å².